The van der Waals surface area contributed by atoms with Crippen molar-refractivity contribution in [3.05, 3.63) is 41.7 Å². The molecule has 1 aromatic heterocycles. The molecule has 0 fully saturated rings. The van der Waals surface area contributed by atoms with Crippen molar-refractivity contribution in [2.75, 3.05) is 0 Å². The lowest BCUT2D eigenvalue weighted by atomic mass is 10.0. The Morgan fingerprint density at radius 1 is 1.24 bits per heavy atom. The van der Waals surface area contributed by atoms with Crippen LogP contribution in [0.5, 0.6) is 0 Å². The molecule has 0 saturated heterocycles. The zero-order chi connectivity index (χ0) is 12.3. The molecule has 0 radical (unpaired) electrons. The summed E-state index contributed by atoms with van der Waals surface area (Å²) in [5, 5.41) is 0. The number of rotatable bonds is 3. The molecule has 0 spiro atoms. The van der Waals surface area contributed by atoms with Crippen molar-refractivity contribution >= 4 is 23.4 Å². The summed E-state index contributed by atoms with van der Waals surface area (Å²) < 4.78 is 0. The molecule has 1 heterocycles. The van der Waals surface area contributed by atoms with Crippen molar-refractivity contribution in [3.63, 3.8) is 0 Å². The molecule has 3 heteroatoms. The van der Waals surface area contributed by atoms with Gasteiger partial charge in [0.05, 0.1) is 22.9 Å². The van der Waals surface area contributed by atoms with Crippen LogP contribution in [0, 0.1) is 5.92 Å². The number of para-hydroxylation sites is 2. The molecule has 0 bridgehead atoms. The zero-order valence-electron chi connectivity index (χ0n) is 9.92. The Balaban J connectivity index is 2.46. The van der Waals surface area contributed by atoms with E-state index in [0.29, 0.717) is 0 Å². The second-order valence-corrected chi connectivity index (χ2v) is 4.20. The van der Waals surface area contributed by atoms with E-state index in [-0.39, 0.29) is 5.92 Å². The first-order valence-electron chi connectivity index (χ1n) is 5.59. The van der Waals surface area contributed by atoms with Crippen LogP contribution in [0.1, 0.15) is 19.5 Å². The number of hydrogen-bond acceptors (Lipinski definition) is 3. The van der Waals surface area contributed by atoms with Crippen molar-refractivity contribution in [1.29, 1.82) is 0 Å². The third kappa shape index (κ3) is 2.56. The maximum atomic E-state index is 10.9. The summed E-state index contributed by atoms with van der Waals surface area (Å²) in [6, 6.07) is 7.68. The maximum absolute atomic E-state index is 10.9. The van der Waals surface area contributed by atoms with E-state index in [2.05, 4.69) is 9.97 Å². The fraction of sp³-hybridized carbons (Fsp3) is 0.214. The van der Waals surface area contributed by atoms with Gasteiger partial charge in [0, 0.05) is 0 Å². The third-order valence-corrected chi connectivity index (χ3v) is 2.58. The lowest BCUT2D eigenvalue weighted by Crippen LogP contribution is -1.96. The van der Waals surface area contributed by atoms with Gasteiger partial charge < -0.3 is 0 Å². The van der Waals surface area contributed by atoms with E-state index in [1.165, 1.54) is 0 Å². The van der Waals surface area contributed by atoms with E-state index in [0.717, 1.165) is 28.6 Å². The molecule has 1 aromatic carbocycles. The first-order valence-corrected chi connectivity index (χ1v) is 5.59. The number of aromatic nitrogens is 2. The molecule has 0 atom stereocenters. The molecular weight excluding hydrogens is 212 g/mol. The molecule has 0 N–H and O–H groups in total. The van der Waals surface area contributed by atoms with Crippen LogP contribution in [0.2, 0.25) is 0 Å². The van der Waals surface area contributed by atoms with Gasteiger partial charge in [0.25, 0.3) is 0 Å². The molecule has 0 aliphatic carbocycles. The topological polar surface area (TPSA) is 42.9 Å². The summed E-state index contributed by atoms with van der Waals surface area (Å²) in [4.78, 5) is 19.7. The standard InChI is InChI=1S/C14H14N2O/c1-10(2)11(9-17)7-12-8-15-13-5-3-4-6-14(13)16-12/h3-10H,1-2H3. The Kier molecular flexibility index (Phi) is 3.28. The smallest absolute Gasteiger partial charge is 0.146 e. The SMILES string of the molecule is CC(C)C(C=O)=Cc1cnc2ccccc2n1. The van der Waals surface area contributed by atoms with Crippen LogP contribution >= 0.6 is 0 Å². The molecule has 0 saturated carbocycles. The van der Waals surface area contributed by atoms with Crippen LogP contribution in [0.4, 0.5) is 0 Å². The zero-order valence-corrected chi connectivity index (χ0v) is 9.92. The van der Waals surface area contributed by atoms with Gasteiger partial charge in [-0.05, 0) is 29.7 Å². The quantitative estimate of drug-likeness (QED) is 0.597. The Labute approximate surface area is 100 Å². The number of nitrogens with zero attached hydrogens (tertiary/aromatic N) is 2. The molecule has 2 aromatic rings. The molecular formula is C14H14N2O. The van der Waals surface area contributed by atoms with Gasteiger partial charge in [0.15, 0.2) is 0 Å². The van der Waals surface area contributed by atoms with Gasteiger partial charge in [-0.3, -0.25) is 9.78 Å². The number of carbonyl (C=O) groups is 1. The van der Waals surface area contributed by atoms with Gasteiger partial charge >= 0.3 is 0 Å². The van der Waals surface area contributed by atoms with Crippen molar-refractivity contribution in [3.8, 4) is 0 Å². The summed E-state index contributed by atoms with van der Waals surface area (Å²) in [6.07, 6.45) is 4.35. The van der Waals surface area contributed by atoms with Gasteiger partial charge in [0.2, 0.25) is 0 Å². The van der Waals surface area contributed by atoms with Crippen molar-refractivity contribution in [2.24, 2.45) is 5.92 Å². The Bertz CT molecular complexity index is 573. The van der Waals surface area contributed by atoms with Crippen LogP contribution < -0.4 is 0 Å². The normalized spacial score (nSPS) is 12.1. The summed E-state index contributed by atoms with van der Waals surface area (Å²) in [5.41, 5.74) is 3.16. The van der Waals surface area contributed by atoms with Crippen molar-refractivity contribution < 1.29 is 4.79 Å². The highest BCUT2D eigenvalue weighted by molar-refractivity contribution is 5.82. The van der Waals surface area contributed by atoms with Gasteiger partial charge in [-0.1, -0.05) is 26.0 Å². The van der Waals surface area contributed by atoms with Crippen LogP contribution in [-0.4, -0.2) is 16.3 Å². The largest absolute Gasteiger partial charge is 0.298 e. The lowest BCUT2D eigenvalue weighted by molar-refractivity contribution is -0.105. The summed E-state index contributed by atoms with van der Waals surface area (Å²) in [7, 11) is 0. The number of carbonyl (C=O) groups excluding carboxylic acids is 1. The molecule has 3 nitrogen and oxygen atoms in total. The predicted molar refractivity (Wildman–Crippen MR) is 68.4 cm³/mol. The molecule has 86 valence electrons. The average molecular weight is 226 g/mol. The molecule has 0 unspecified atom stereocenters. The number of benzene rings is 1. The Morgan fingerprint density at radius 3 is 2.59 bits per heavy atom. The van der Waals surface area contributed by atoms with Crippen LogP contribution in [0.3, 0.4) is 0 Å². The minimum absolute atomic E-state index is 0.195. The van der Waals surface area contributed by atoms with Crippen LogP contribution in [0.25, 0.3) is 17.1 Å². The van der Waals surface area contributed by atoms with Crippen LogP contribution in [-0.2, 0) is 4.79 Å². The van der Waals surface area contributed by atoms with Crippen molar-refractivity contribution in [2.45, 2.75) is 13.8 Å². The number of hydrogen-bond donors (Lipinski definition) is 0. The van der Waals surface area contributed by atoms with E-state index in [4.69, 9.17) is 0 Å². The van der Waals surface area contributed by atoms with Gasteiger partial charge in [0.1, 0.15) is 6.29 Å². The van der Waals surface area contributed by atoms with E-state index >= 15 is 0 Å². The lowest BCUT2D eigenvalue weighted by Gasteiger charge is -2.03. The minimum atomic E-state index is 0.195. The fourth-order valence-electron chi connectivity index (χ4n) is 1.55. The molecule has 2 rings (SSSR count). The summed E-state index contributed by atoms with van der Waals surface area (Å²) >= 11 is 0. The molecule has 0 amide bonds. The monoisotopic (exact) mass is 226 g/mol. The predicted octanol–water partition coefficient (Wildman–Crippen LogP) is 2.87. The summed E-state index contributed by atoms with van der Waals surface area (Å²) in [5.74, 6) is 0.195. The van der Waals surface area contributed by atoms with Crippen LogP contribution in [0.15, 0.2) is 36.0 Å². The summed E-state index contributed by atoms with van der Waals surface area (Å²) in [6.45, 7) is 3.96. The highest BCUT2D eigenvalue weighted by atomic mass is 16.1. The second-order valence-electron chi connectivity index (χ2n) is 4.20. The number of allylic oxidation sites excluding steroid dienone is 1. The van der Waals surface area contributed by atoms with E-state index in [1.54, 1.807) is 12.3 Å². The Morgan fingerprint density at radius 2 is 1.94 bits per heavy atom. The molecule has 0 aliphatic rings. The highest BCUT2D eigenvalue weighted by Gasteiger charge is 2.03. The maximum Gasteiger partial charge on any atom is 0.146 e. The molecule has 17 heavy (non-hydrogen) atoms. The number of fused-ring (bicyclic) bond motifs is 1. The van der Waals surface area contributed by atoms with E-state index < -0.39 is 0 Å². The Hall–Kier alpha value is -2.03. The average Bonchev–Trinajstić information content (AvgIpc) is 2.35. The van der Waals surface area contributed by atoms with Gasteiger partial charge in [-0.2, -0.15) is 0 Å². The van der Waals surface area contributed by atoms with E-state index in [9.17, 15) is 4.79 Å². The van der Waals surface area contributed by atoms with E-state index in [1.807, 2.05) is 38.1 Å². The fourth-order valence-corrected chi connectivity index (χ4v) is 1.55. The van der Waals surface area contributed by atoms with Gasteiger partial charge in [-0.25, -0.2) is 4.98 Å². The number of aldehydes is 1. The van der Waals surface area contributed by atoms with Gasteiger partial charge in [-0.15, -0.1) is 0 Å². The second kappa shape index (κ2) is 4.87. The first-order chi connectivity index (χ1) is 8.20. The highest BCUT2D eigenvalue weighted by Crippen LogP contribution is 2.13. The van der Waals surface area contributed by atoms with Crippen molar-refractivity contribution in [1.82, 2.24) is 9.97 Å². The first kappa shape index (κ1) is 11.5. The minimum Gasteiger partial charge on any atom is -0.298 e. The third-order valence-electron chi connectivity index (χ3n) is 2.58. The molecule has 0 aliphatic heterocycles.